The van der Waals surface area contributed by atoms with Gasteiger partial charge in [0.15, 0.2) is 6.10 Å². The fourth-order valence-corrected chi connectivity index (χ4v) is 2.39. The van der Waals surface area contributed by atoms with Gasteiger partial charge in [-0.3, -0.25) is 4.79 Å². The van der Waals surface area contributed by atoms with Crippen LogP contribution in [0, 0.1) is 0 Å². The molecule has 1 amide bonds. The van der Waals surface area contributed by atoms with Crippen molar-refractivity contribution in [3.63, 3.8) is 0 Å². The van der Waals surface area contributed by atoms with Crippen LogP contribution in [-0.2, 0) is 4.79 Å². The summed E-state index contributed by atoms with van der Waals surface area (Å²) < 4.78 is 11.1. The standard InChI is InChI=1S/C19H23NO3/c1-4-17(23-15-10-6-5-7-11-15)19(21)20-14(2)16-12-8-9-13-18(16)22-3/h5-14,17H,4H2,1-3H3,(H,20,21)/t14-,17-/m1/s1. The Balaban J connectivity index is 2.04. The lowest BCUT2D eigenvalue weighted by Crippen LogP contribution is -2.39. The van der Waals surface area contributed by atoms with Crippen LogP contribution in [0.3, 0.4) is 0 Å². The third kappa shape index (κ3) is 4.49. The second-order valence-electron chi connectivity index (χ2n) is 5.30. The highest BCUT2D eigenvalue weighted by molar-refractivity contribution is 5.81. The summed E-state index contributed by atoms with van der Waals surface area (Å²) in [5, 5.41) is 3.00. The van der Waals surface area contributed by atoms with Gasteiger partial charge in [0.25, 0.3) is 5.91 Å². The lowest BCUT2D eigenvalue weighted by molar-refractivity contribution is -0.128. The first-order valence-corrected chi connectivity index (χ1v) is 7.80. The average Bonchev–Trinajstić information content (AvgIpc) is 2.60. The molecule has 0 aromatic heterocycles. The Bertz CT molecular complexity index is 628. The van der Waals surface area contributed by atoms with Crippen molar-refractivity contribution in [1.82, 2.24) is 5.32 Å². The lowest BCUT2D eigenvalue weighted by atomic mass is 10.1. The molecule has 4 nitrogen and oxygen atoms in total. The van der Waals surface area contributed by atoms with Gasteiger partial charge in [-0.1, -0.05) is 43.3 Å². The first-order valence-electron chi connectivity index (χ1n) is 7.80. The molecule has 23 heavy (non-hydrogen) atoms. The van der Waals surface area contributed by atoms with Gasteiger partial charge in [0, 0.05) is 5.56 Å². The summed E-state index contributed by atoms with van der Waals surface area (Å²) in [6.45, 7) is 3.87. The number of carbonyl (C=O) groups is 1. The molecule has 122 valence electrons. The normalized spacial score (nSPS) is 13.0. The SMILES string of the molecule is CC[C@@H](Oc1ccccc1)C(=O)N[C@H](C)c1ccccc1OC. The van der Waals surface area contributed by atoms with Crippen molar-refractivity contribution < 1.29 is 14.3 Å². The van der Waals surface area contributed by atoms with Crippen LogP contribution >= 0.6 is 0 Å². The summed E-state index contributed by atoms with van der Waals surface area (Å²) >= 11 is 0. The molecule has 2 atom stereocenters. The molecule has 0 spiro atoms. The van der Waals surface area contributed by atoms with Crippen LogP contribution < -0.4 is 14.8 Å². The maximum absolute atomic E-state index is 12.5. The Morgan fingerprint density at radius 1 is 1.09 bits per heavy atom. The van der Waals surface area contributed by atoms with E-state index in [9.17, 15) is 4.79 Å². The van der Waals surface area contributed by atoms with Crippen LogP contribution in [0.15, 0.2) is 54.6 Å². The Labute approximate surface area is 137 Å². The van der Waals surface area contributed by atoms with Gasteiger partial charge < -0.3 is 14.8 Å². The van der Waals surface area contributed by atoms with E-state index in [0.717, 1.165) is 11.3 Å². The molecule has 0 aliphatic heterocycles. The second kappa shape index (κ2) is 8.22. The van der Waals surface area contributed by atoms with E-state index >= 15 is 0 Å². The van der Waals surface area contributed by atoms with E-state index in [1.165, 1.54) is 0 Å². The lowest BCUT2D eigenvalue weighted by Gasteiger charge is -2.21. The third-order valence-corrected chi connectivity index (χ3v) is 3.65. The van der Waals surface area contributed by atoms with Crippen molar-refractivity contribution in [2.45, 2.75) is 32.4 Å². The third-order valence-electron chi connectivity index (χ3n) is 3.65. The number of hydrogen-bond acceptors (Lipinski definition) is 3. The minimum atomic E-state index is -0.519. The van der Waals surface area contributed by atoms with Crippen molar-refractivity contribution in [2.75, 3.05) is 7.11 Å². The molecule has 0 radical (unpaired) electrons. The number of carbonyl (C=O) groups excluding carboxylic acids is 1. The molecule has 0 saturated carbocycles. The first-order chi connectivity index (χ1) is 11.2. The number of para-hydroxylation sites is 2. The van der Waals surface area contributed by atoms with Crippen molar-refractivity contribution in [3.05, 3.63) is 60.2 Å². The highest BCUT2D eigenvalue weighted by Crippen LogP contribution is 2.24. The van der Waals surface area contributed by atoms with Crippen LogP contribution in [0.1, 0.15) is 31.9 Å². The number of amides is 1. The fraction of sp³-hybridized carbons (Fsp3) is 0.316. The maximum Gasteiger partial charge on any atom is 0.261 e. The van der Waals surface area contributed by atoms with Crippen LogP contribution in [0.25, 0.3) is 0 Å². The van der Waals surface area contributed by atoms with Gasteiger partial charge in [-0.05, 0) is 31.5 Å². The molecule has 0 aliphatic rings. The van der Waals surface area contributed by atoms with E-state index in [1.54, 1.807) is 7.11 Å². The second-order valence-corrected chi connectivity index (χ2v) is 5.30. The topological polar surface area (TPSA) is 47.6 Å². The molecular weight excluding hydrogens is 290 g/mol. The quantitative estimate of drug-likeness (QED) is 0.847. The van der Waals surface area contributed by atoms with Crippen LogP contribution in [0.5, 0.6) is 11.5 Å². The number of benzene rings is 2. The van der Waals surface area contributed by atoms with Crippen molar-refractivity contribution in [2.24, 2.45) is 0 Å². The number of hydrogen-bond donors (Lipinski definition) is 1. The zero-order chi connectivity index (χ0) is 16.7. The Morgan fingerprint density at radius 2 is 1.74 bits per heavy atom. The van der Waals surface area contributed by atoms with Crippen LogP contribution in [0.4, 0.5) is 0 Å². The molecule has 0 heterocycles. The highest BCUT2D eigenvalue weighted by atomic mass is 16.5. The molecular formula is C19H23NO3. The molecule has 0 unspecified atom stereocenters. The molecule has 1 N–H and O–H groups in total. The molecule has 0 fully saturated rings. The summed E-state index contributed by atoms with van der Waals surface area (Å²) in [5.74, 6) is 1.33. The summed E-state index contributed by atoms with van der Waals surface area (Å²) in [7, 11) is 1.63. The summed E-state index contributed by atoms with van der Waals surface area (Å²) in [4.78, 5) is 12.5. The minimum absolute atomic E-state index is 0.130. The van der Waals surface area contributed by atoms with Gasteiger partial charge in [-0.15, -0.1) is 0 Å². The number of ether oxygens (including phenoxy) is 2. The van der Waals surface area contributed by atoms with Gasteiger partial charge in [-0.25, -0.2) is 0 Å². The predicted molar refractivity (Wildman–Crippen MR) is 90.7 cm³/mol. The molecule has 2 aromatic carbocycles. The Hall–Kier alpha value is -2.49. The first kappa shape index (κ1) is 16.9. The number of nitrogens with one attached hydrogen (secondary N) is 1. The molecule has 0 bridgehead atoms. The number of rotatable bonds is 7. The van der Waals surface area contributed by atoms with Crippen molar-refractivity contribution in [3.8, 4) is 11.5 Å². The van der Waals surface area contributed by atoms with Gasteiger partial charge in [-0.2, -0.15) is 0 Å². The van der Waals surface area contributed by atoms with E-state index < -0.39 is 6.10 Å². The largest absolute Gasteiger partial charge is 0.496 e. The Kier molecular flexibility index (Phi) is 6.03. The van der Waals surface area contributed by atoms with Crippen molar-refractivity contribution >= 4 is 5.91 Å². The van der Waals surface area contributed by atoms with Crippen LogP contribution in [-0.4, -0.2) is 19.1 Å². The fourth-order valence-electron chi connectivity index (χ4n) is 2.39. The zero-order valence-corrected chi connectivity index (χ0v) is 13.8. The zero-order valence-electron chi connectivity index (χ0n) is 13.8. The van der Waals surface area contributed by atoms with Gasteiger partial charge in [0.1, 0.15) is 11.5 Å². The van der Waals surface area contributed by atoms with Crippen LogP contribution in [0.2, 0.25) is 0 Å². The Morgan fingerprint density at radius 3 is 2.39 bits per heavy atom. The molecule has 2 rings (SSSR count). The molecule has 4 heteroatoms. The van der Waals surface area contributed by atoms with Crippen molar-refractivity contribution in [1.29, 1.82) is 0 Å². The van der Waals surface area contributed by atoms with E-state index in [2.05, 4.69) is 5.32 Å². The van der Waals surface area contributed by atoms with E-state index in [4.69, 9.17) is 9.47 Å². The molecule has 0 saturated heterocycles. The van der Waals surface area contributed by atoms with E-state index in [1.807, 2.05) is 68.4 Å². The van der Waals surface area contributed by atoms with E-state index in [-0.39, 0.29) is 11.9 Å². The summed E-state index contributed by atoms with van der Waals surface area (Å²) in [6.07, 6.45) is 0.0777. The average molecular weight is 313 g/mol. The van der Waals surface area contributed by atoms with Gasteiger partial charge >= 0.3 is 0 Å². The van der Waals surface area contributed by atoms with Gasteiger partial charge in [0.2, 0.25) is 0 Å². The monoisotopic (exact) mass is 313 g/mol. The predicted octanol–water partition coefficient (Wildman–Crippen LogP) is 3.73. The summed E-state index contributed by atoms with van der Waals surface area (Å²) in [6, 6.07) is 16.9. The summed E-state index contributed by atoms with van der Waals surface area (Å²) in [5.41, 5.74) is 0.943. The molecule has 2 aromatic rings. The highest BCUT2D eigenvalue weighted by Gasteiger charge is 2.21. The smallest absolute Gasteiger partial charge is 0.261 e. The van der Waals surface area contributed by atoms with E-state index in [0.29, 0.717) is 12.2 Å². The van der Waals surface area contributed by atoms with Gasteiger partial charge in [0.05, 0.1) is 13.2 Å². The minimum Gasteiger partial charge on any atom is -0.496 e. The number of methoxy groups -OCH3 is 1. The maximum atomic E-state index is 12.5. The molecule has 0 aliphatic carbocycles.